The van der Waals surface area contributed by atoms with Crippen molar-refractivity contribution >= 4 is 43.6 Å². The van der Waals surface area contributed by atoms with E-state index in [1.807, 2.05) is 0 Å². The maximum absolute atomic E-state index is 12.6. The third-order valence-corrected chi connectivity index (χ3v) is 7.56. The van der Waals surface area contributed by atoms with Crippen molar-refractivity contribution in [1.29, 1.82) is 5.26 Å². The zero-order valence-electron chi connectivity index (χ0n) is 23.9. The average Bonchev–Trinajstić information content (AvgIpc) is 3.50. The van der Waals surface area contributed by atoms with Crippen molar-refractivity contribution in [1.82, 2.24) is 9.97 Å². The van der Waals surface area contributed by atoms with E-state index >= 15 is 0 Å². The third-order valence-electron chi connectivity index (χ3n) is 7.56. The summed E-state index contributed by atoms with van der Waals surface area (Å²) in [4.78, 5) is 16.9. The fourth-order valence-corrected chi connectivity index (χ4v) is 5.66. The first-order chi connectivity index (χ1) is 22.9. The minimum Gasteiger partial charge on any atom is -0.406 e. The number of hydrogen-bond donors (Lipinski definition) is 0. The minimum absolute atomic E-state index is 0.242. The molecule has 8 nitrogen and oxygen atoms in total. The second-order valence-electron chi connectivity index (χ2n) is 10.4. The van der Waals surface area contributed by atoms with E-state index in [0.29, 0.717) is 65.9 Å². The Morgan fingerprint density at radius 2 is 1.00 bits per heavy atom. The van der Waals surface area contributed by atoms with E-state index in [4.69, 9.17) is 16.5 Å². The van der Waals surface area contributed by atoms with Gasteiger partial charge in [0.15, 0.2) is 5.36 Å². The number of ether oxygens (including phenoxy) is 2. The van der Waals surface area contributed by atoms with E-state index in [-0.39, 0.29) is 22.2 Å². The van der Waals surface area contributed by atoms with Gasteiger partial charge < -0.3 is 9.47 Å². The monoisotopic (exact) mass is 652 g/mol. The summed E-state index contributed by atoms with van der Waals surface area (Å²) in [6.07, 6.45) is -7.84. The summed E-state index contributed by atoms with van der Waals surface area (Å²) >= 11 is 0. The molecule has 0 aliphatic rings. The zero-order valence-corrected chi connectivity index (χ0v) is 23.9. The van der Waals surface area contributed by atoms with E-state index in [0.717, 1.165) is 0 Å². The number of hydrogen-bond acceptors (Lipinski definition) is 7. The van der Waals surface area contributed by atoms with Gasteiger partial charge in [-0.3, -0.25) is 0 Å². The summed E-state index contributed by atoms with van der Waals surface area (Å²) in [5, 5.41) is 16.3. The number of aromatic nitrogens is 2. The summed E-state index contributed by atoms with van der Waals surface area (Å²) in [7, 11) is 0. The van der Waals surface area contributed by atoms with Gasteiger partial charge in [0.1, 0.15) is 27.9 Å². The molecule has 0 atom stereocenters. The molecule has 0 spiro atoms. The molecule has 234 valence electrons. The number of nitriles is 1. The van der Waals surface area contributed by atoms with Gasteiger partial charge in [-0.15, -0.1) is 31.3 Å². The summed E-state index contributed by atoms with van der Waals surface area (Å²) in [6, 6.07) is 21.1. The van der Waals surface area contributed by atoms with Crippen molar-refractivity contribution in [3.8, 4) is 39.9 Å². The highest BCUT2D eigenvalue weighted by Crippen LogP contribution is 2.34. The van der Waals surface area contributed by atoms with Gasteiger partial charge >= 0.3 is 12.7 Å². The molecule has 0 fully saturated rings. The molecular formula is C34H14F6N6O2. The smallest absolute Gasteiger partial charge is 0.406 e. The molecule has 0 amide bonds. The van der Waals surface area contributed by atoms with Crippen LogP contribution in [-0.4, -0.2) is 22.7 Å². The van der Waals surface area contributed by atoms with Crippen LogP contribution >= 0.6 is 0 Å². The molecule has 0 aliphatic heterocycles. The fourth-order valence-electron chi connectivity index (χ4n) is 5.66. The zero-order chi connectivity index (χ0) is 33.8. The van der Waals surface area contributed by atoms with Gasteiger partial charge in [-0.05, 0) is 58.7 Å². The Labute approximate surface area is 264 Å². The van der Waals surface area contributed by atoms with Crippen LogP contribution in [0.1, 0.15) is 0 Å². The summed E-state index contributed by atoms with van der Waals surface area (Å²) in [5.41, 5.74) is 3.86. The van der Waals surface area contributed by atoms with Crippen LogP contribution in [-0.2, 0) is 0 Å². The SMILES string of the molecule is [C-]#[N+]/N=c1\c2cc(-c3ccc(OC(F)(F)F)cc3)ccc2c2nc3c(=NC#N)c4cc(-c5ccc(OC(F)(F)F)cc5)ccc4c3nc12. The molecule has 0 saturated heterocycles. The first-order valence-electron chi connectivity index (χ1n) is 13.8. The molecule has 7 rings (SSSR count). The lowest BCUT2D eigenvalue weighted by atomic mass is 10.0. The van der Waals surface area contributed by atoms with Crippen molar-refractivity contribution in [3.63, 3.8) is 0 Å². The largest absolute Gasteiger partial charge is 0.573 e. The lowest BCUT2D eigenvalue weighted by molar-refractivity contribution is -0.275. The van der Waals surface area contributed by atoms with Crippen LogP contribution in [0, 0.1) is 18.0 Å². The Kier molecular flexibility index (Phi) is 6.95. The molecule has 0 unspecified atom stereocenters. The molecular weight excluding hydrogens is 638 g/mol. The van der Waals surface area contributed by atoms with Gasteiger partial charge in [0.25, 0.3) is 0 Å². The highest BCUT2D eigenvalue weighted by Gasteiger charge is 2.31. The number of nitrogens with zero attached hydrogens (tertiary/aromatic N) is 6. The third kappa shape index (κ3) is 5.45. The molecule has 48 heavy (non-hydrogen) atoms. The van der Waals surface area contributed by atoms with Crippen LogP contribution in [0.2, 0.25) is 0 Å². The van der Waals surface area contributed by atoms with E-state index in [1.54, 1.807) is 42.6 Å². The maximum Gasteiger partial charge on any atom is 0.573 e. The van der Waals surface area contributed by atoms with Gasteiger partial charge in [-0.25, -0.2) is 9.97 Å². The van der Waals surface area contributed by atoms with Crippen molar-refractivity contribution in [3.05, 3.63) is 107 Å². The van der Waals surface area contributed by atoms with Crippen molar-refractivity contribution in [2.75, 3.05) is 0 Å². The second kappa shape index (κ2) is 11.1. The molecule has 1 aromatic heterocycles. The lowest BCUT2D eigenvalue weighted by Crippen LogP contribution is -2.16. The molecule has 0 aliphatic carbocycles. The van der Waals surface area contributed by atoms with Gasteiger partial charge in [0.2, 0.25) is 6.19 Å². The number of benzene rings is 4. The Bertz CT molecular complexity index is 2420. The van der Waals surface area contributed by atoms with Gasteiger partial charge in [-0.2, -0.15) is 16.8 Å². The highest BCUT2D eigenvalue weighted by atomic mass is 19.4. The molecule has 0 bridgehead atoms. The van der Waals surface area contributed by atoms with Gasteiger partial charge in [0, 0.05) is 21.5 Å². The number of halogens is 6. The predicted molar refractivity (Wildman–Crippen MR) is 162 cm³/mol. The van der Waals surface area contributed by atoms with Crippen LogP contribution < -0.4 is 20.2 Å². The quantitative estimate of drug-likeness (QED) is 0.0827. The van der Waals surface area contributed by atoms with Crippen LogP contribution in [0.5, 0.6) is 11.5 Å². The van der Waals surface area contributed by atoms with E-state index in [1.165, 1.54) is 48.5 Å². The summed E-state index contributed by atoms with van der Waals surface area (Å²) in [6.45, 7) is 7.45. The Morgan fingerprint density at radius 1 is 0.583 bits per heavy atom. The van der Waals surface area contributed by atoms with Crippen molar-refractivity contribution in [2.45, 2.75) is 12.7 Å². The minimum atomic E-state index is -4.82. The molecule has 6 aromatic carbocycles. The highest BCUT2D eigenvalue weighted by molar-refractivity contribution is 6.15. The Morgan fingerprint density at radius 3 is 1.42 bits per heavy atom. The Balaban J connectivity index is 1.38. The topological polar surface area (TPSA) is 97.1 Å². The maximum atomic E-state index is 12.6. The molecule has 7 aromatic rings. The van der Waals surface area contributed by atoms with E-state index in [9.17, 15) is 31.6 Å². The van der Waals surface area contributed by atoms with Crippen LogP contribution in [0.15, 0.2) is 95.0 Å². The molecule has 0 saturated carbocycles. The molecule has 0 radical (unpaired) electrons. The molecule has 1 heterocycles. The standard InChI is InChI=1S/C34H14F6N6O2/c1-42-46-30-26-15-20(18-4-10-22(11-5-18)48-34(38,39)40)7-13-24(26)29-32(30)45-28-23-12-6-19(14-25(23)27(43-16-41)31(28)44-29)17-2-8-21(9-3-17)47-33(35,36)37/h2-15H/b43-27?,46-30+. The number of rotatable bonds is 4. The summed E-state index contributed by atoms with van der Waals surface area (Å²) in [5.74, 6) is -0.735. The number of alkyl halides is 6. The van der Waals surface area contributed by atoms with Crippen LogP contribution in [0.3, 0.4) is 0 Å². The average molecular weight is 653 g/mol. The van der Waals surface area contributed by atoms with Crippen LogP contribution in [0.4, 0.5) is 26.3 Å². The Hall–Kier alpha value is -6.54. The van der Waals surface area contributed by atoms with Crippen molar-refractivity contribution in [2.24, 2.45) is 10.1 Å². The first-order valence-corrected chi connectivity index (χ1v) is 13.8. The van der Waals surface area contributed by atoms with E-state index in [2.05, 4.69) is 24.5 Å². The summed E-state index contributed by atoms with van der Waals surface area (Å²) < 4.78 is 83.6. The predicted octanol–water partition coefficient (Wildman–Crippen LogP) is 8.21. The first kappa shape index (κ1) is 30.1. The molecule has 14 heteroatoms. The van der Waals surface area contributed by atoms with Crippen LogP contribution in [0.25, 0.3) is 70.8 Å². The number of fused-ring (bicyclic) bond motifs is 6. The normalized spacial score (nSPS) is 13.0. The second-order valence-corrected chi connectivity index (χ2v) is 10.4. The van der Waals surface area contributed by atoms with Gasteiger partial charge in [-0.1, -0.05) is 48.5 Å². The fraction of sp³-hybridized carbons (Fsp3) is 0.0588. The van der Waals surface area contributed by atoms with Crippen molar-refractivity contribution < 1.29 is 35.8 Å². The van der Waals surface area contributed by atoms with Gasteiger partial charge in [0.05, 0.1) is 16.1 Å². The lowest BCUT2D eigenvalue weighted by Gasteiger charge is -2.09. The molecule has 0 N–H and O–H groups in total. The van der Waals surface area contributed by atoms with E-state index < -0.39 is 12.7 Å².